The first-order valence-corrected chi connectivity index (χ1v) is 8.15. The number of rotatable bonds is 0. The van der Waals surface area contributed by atoms with Crippen LogP contribution in [0.2, 0.25) is 0 Å². The normalized spacial score (nSPS) is 23.4. The summed E-state index contributed by atoms with van der Waals surface area (Å²) in [6, 6.07) is 7.49. The molecule has 1 fully saturated rings. The molecule has 1 spiro atoms. The summed E-state index contributed by atoms with van der Waals surface area (Å²) >= 11 is 0. The zero-order valence-electron chi connectivity index (χ0n) is 12.9. The average Bonchev–Trinajstić information content (AvgIpc) is 2.56. The number of hydrogen-bond donors (Lipinski definition) is 2. The second-order valence-electron chi connectivity index (χ2n) is 6.24. The van der Waals surface area contributed by atoms with Crippen LogP contribution in [0.5, 0.6) is 5.75 Å². The quantitative estimate of drug-likeness (QED) is 0.724. The molecule has 2 aliphatic heterocycles. The van der Waals surface area contributed by atoms with Crippen molar-refractivity contribution in [3.05, 3.63) is 42.0 Å². The summed E-state index contributed by atoms with van der Waals surface area (Å²) in [7, 11) is 0. The van der Waals surface area contributed by atoms with Crippen molar-refractivity contribution in [2.45, 2.75) is 25.7 Å². The molecule has 0 atom stereocenters. The maximum absolute atomic E-state index is 12.5. The van der Waals surface area contributed by atoms with Gasteiger partial charge < -0.3 is 15.4 Å². The molecule has 0 bridgehead atoms. The molecule has 0 radical (unpaired) electrons. The lowest BCUT2D eigenvalue weighted by atomic mass is 9.76. The van der Waals surface area contributed by atoms with Gasteiger partial charge in [0.05, 0.1) is 12.2 Å². The van der Waals surface area contributed by atoms with E-state index >= 15 is 0 Å². The van der Waals surface area contributed by atoms with Crippen LogP contribution in [0.3, 0.4) is 0 Å². The standard InChI is InChI=1S/C18H24N2O2/c21-17-15-6-2-3-7-16(15)22-13-5-1-4-8-18(14-20-17)9-11-19-12-10-18/h1-4,6-7,19H,5,8-14H2,(H,20,21)/b4-1+. The molecule has 1 amide bonds. The minimum atomic E-state index is -0.0296. The first kappa shape index (κ1) is 15.1. The molecule has 0 aliphatic carbocycles. The summed E-state index contributed by atoms with van der Waals surface area (Å²) in [5.41, 5.74) is 0.822. The van der Waals surface area contributed by atoms with Crippen molar-refractivity contribution in [1.82, 2.24) is 10.6 Å². The van der Waals surface area contributed by atoms with Crippen molar-refractivity contribution in [3.8, 4) is 5.75 Å². The van der Waals surface area contributed by atoms with Gasteiger partial charge in [-0.15, -0.1) is 0 Å². The number of carbonyl (C=O) groups is 1. The molecule has 2 heterocycles. The molecule has 4 heteroatoms. The molecule has 2 N–H and O–H groups in total. The minimum Gasteiger partial charge on any atom is -0.492 e. The van der Waals surface area contributed by atoms with E-state index < -0.39 is 0 Å². The Morgan fingerprint density at radius 1 is 1.09 bits per heavy atom. The second-order valence-corrected chi connectivity index (χ2v) is 6.24. The van der Waals surface area contributed by atoms with Crippen molar-refractivity contribution in [3.63, 3.8) is 0 Å². The van der Waals surface area contributed by atoms with Crippen molar-refractivity contribution in [2.24, 2.45) is 5.41 Å². The number of nitrogens with one attached hydrogen (secondary N) is 2. The Hall–Kier alpha value is -1.81. The van der Waals surface area contributed by atoms with E-state index in [0.29, 0.717) is 17.9 Å². The van der Waals surface area contributed by atoms with Crippen LogP contribution >= 0.6 is 0 Å². The molecule has 22 heavy (non-hydrogen) atoms. The Kier molecular flexibility index (Phi) is 4.78. The lowest BCUT2D eigenvalue weighted by Crippen LogP contribution is -2.44. The van der Waals surface area contributed by atoms with Crippen LogP contribution in [-0.2, 0) is 0 Å². The number of amides is 1. The fourth-order valence-corrected chi connectivity index (χ4v) is 3.24. The van der Waals surface area contributed by atoms with Crippen molar-refractivity contribution in [1.29, 1.82) is 0 Å². The van der Waals surface area contributed by atoms with Crippen LogP contribution in [0.25, 0.3) is 0 Å². The highest BCUT2D eigenvalue weighted by Crippen LogP contribution is 2.33. The van der Waals surface area contributed by atoms with Gasteiger partial charge in [0, 0.05) is 6.54 Å². The third-order valence-corrected chi connectivity index (χ3v) is 4.68. The Morgan fingerprint density at radius 2 is 1.91 bits per heavy atom. The van der Waals surface area contributed by atoms with Crippen molar-refractivity contribution in [2.75, 3.05) is 26.2 Å². The van der Waals surface area contributed by atoms with Crippen LogP contribution in [0, 0.1) is 5.41 Å². The largest absolute Gasteiger partial charge is 0.492 e. The summed E-state index contributed by atoms with van der Waals surface area (Å²) in [4.78, 5) is 12.5. The number of ether oxygens (including phenoxy) is 1. The number of fused-ring (bicyclic) bond motifs is 1. The second kappa shape index (κ2) is 6.97. The Bertz CT molecular complexity index is 548. The number of carbonyl (C=O) groups excluding carboxylic acids is 1. The first-order chi connectivity index (χ1) is 10.8. The monoisotopic (exact) mass is 300 g/mol. The van der Waals surface area contributed by atoms with E-state index in [-0.39, 0.29) is 11.3 Å². The smallest absolute Gasteiger partial charge is 0.255 e. The SMILES string of the molecule is O=C1NCC2(C/C=C/CCOc3ccccc31)CCNCC2. The van der Waals surface area contributed by atoms with Crippen LogP contribution in [0.1, 0.15) is 36.0 Å². The Morgan fingerprint density at radius 3 is 2.77 bits per heavy atom. The zero-order chi connectivity index (χ0) is 15.3. The van der Waals surface area contributed by atoms with Gasteiger partial charge in [0.2, 0.25) is 0 Å². The number of para-hydroxylation sites is 1. The van der Waals surface area contributed by atoms with Crippen LogP contribution < -0.4 is 15.4 Å². The molecule has 2 aliphatic rings. The summed E-state index contributed by atoms with van der Waals surface area (Å²) < 4.78 is 5.75. The molecule has 0 aromatic heterocycles. The van der Waals surface area contributed by atoms with Gasteiger partial charge in [0.25, 0.3) is 5.91 Å². The summed E-state index contributed by atoms with van der Waals surface area (Å²) in [6.07, 6.45) is 8.58. The molecule has 118 valence electrons. The highest BCUT2D eigenvalue weighted by atomic mass is 16.5. The third-order valence-electron chi connectivity index (χ3n) is 4.68. The summed E-state index contributed by atoms with van der Waals surface area (Å²) in [5, 5.41) is 6.55. The molecule has 0 saturated carbocycles. The molecule has 1 saturated heterocycles. The van der Waals surface area contributed by atoms with Gasteiger partial charge in [-0.05, 0) is 56.3 Å². The topological polar surface area (TPSA) is 50.4 Å². The van der Waals surface area contributed by atoms with E-state index in [1.54, 1.807) is 0 Å². The predicted molar refractivity (Wildman–Crippen MR) is 87.2 cm³/mol. The Labute approximate surface area is 131 Å². The van der Waals surface area contributed by atoms with Gasteiger partial charge in [-0.2, -0.15) is 0 Å². The van der Waals surface area contributed by atoms with E-state index in [2.05, 4.69) is 22.8 Å². The van der Waals surface area contributed by atoms with E-state index in [1.165, 1.54) is 0 Å². The minimum absolute atomic E-state index is 0.0296. The highest BCUT2D eigenvalue weighted by molar-refractivity contribution is 5.96. The fraction of sp³-hybridized carbons (Fsp3) is 0.500. The van der Waals surface area contributed by atoms with Gasteiger partial charge in [0.15, 0.2) is 0 Å². The molecular formula is C18H24N2O2. The van der Waals surface area contributed by atoms with E-state index in [0.717, 1.165) is 45.3 Å². The lowest BCUT2D eigenvalue weighted by molar-refractivity contribution is 0.0910. The van der Waals surface area contributed by atoms with Crippen molar-refractivity contribution >= 4 is 5.91 Å². The van der Waals surface area contributed by atoms with E-state index in [1.807, 2.05) is 24.3 Å². The average molecular weight is 300 g/mol. The molecule has 3 rings (SSSR count). The van der Waals surface area contributed by atoms with Gasteiger partial charge in [0.1, 0.15) is 5.75 Å². The van der Waals surface area contributed by atoms with Crippen LogP contribution in [0.4, 0.5) is 0 Å². The number of piperidine rings is 1. The van der Waals surface area contributed by atoms with Gasteiger partial charge in [-0.1, -0.05) is 24.3 Å². The van der Waals surface area contributed by atoms with E-state index in [9.17, 15) is 4.79 Å². The maximum Gasteiger partial charge on any atom is 0.255 e. The zero-order valence-corrected chi connectivity index (χ0v) is 12.9. The van der Waals surface area contributed by atoms with Gasteiger partial charge >= 0.3 is 0 Å². The number of benzene rings is 1. The molecule has 1 aromatic rings. The summed E-state index contributed by atoms with van der Waals surface area (Å²) in [6.45, 7) is 3.40. The first-order valence-electron chi connectivity index (χ1n) is 8.15. The van der Waals surface area contributed by atoms with Crippen LogP contribution in [-0.4, -0.2) is 32.1 Å². The molecule has 1 aromatic carbocycles. The Balaban J connectivity index is 1.81. The maximum atomic E-state index is 12.5. The van der Waals surface area contributed by atoms with Crippen LogP contribution in [0.15, 0.2) is 36.4 Å². The van der Waals surface area contributed by atoms with Gasteiger partial charge in [-0.25, -0.2) is 0 Å². The lowest BCUT2D eigenvalue weighted by Gasteiger charge is -2.37. The molecular weight excluding hydrogens is 276 g/mol. The third kappa shape index (κ3) is 3.50. The van der Waals surface area contributed by atoms with Gasteiger partial charge in [-0.3, -0.25) is 4.79 Å². The fourth-order valence-electron chi connectivity index (χ4n) is 3.24. The summed E-state index contributed by atoms with van der Waals surface area (Å²) in [5.74, 6) is 0.645. The number of hydrogen-bond acceptors (Lipinski definition) is 3. The molecule has 0 unspecified atom stereocenters. The predicted octanol–water partition coefficient (Wildman–Crippen LogP) is 2.52. The highest BCUT2D eigenvalue weighted by Gasteiger charge is 2.31. The molecule has 4 nitrogen and oxygen atoms in total. The van der Waals surface area contributed by atoms with E-state index in [4.69, 9.17) is 4.74 Å². The van der Waals surface area contributed by atoms with Crippen molar-refractivity contribution < 1.29 is 9.53 Å². The number of allylic oxidation sites excluding steroid dienone is 1.